The number of piperazine rings is 1. The second-order valence-corrected chi connectivity index (χ2v) is 7.23. The molecule has 0 radical (unpaired) electrons. The summed E-state index contributed by atoms with van der Waals surface area (Å²) in [5, 5.41) is 4.77. The second-order valence-electron chi connectivity index (χ2n) is 7.23. The van der Waals surface area contributed by atoms with Crippen LogP contribution < -0.4 is 4.90 Å². The van der Waals surface area contributed by atoms with Gasteiger partial charge in [-0.05, 0) is 54.2 Å². The largest absolute Gasteiger partial charge is 0.374 e. The van der Waals surface area contributed by atoms with E-state index in [9.17, 15) is 4.39 Å². The van der Waals surface area contributed by atoms with E-state index in [4.69, 9.17) is 10.1 Å². The van der Waals surface area contributed by atoms with Gasteiger partial charge in [-0.1, -0.05) is 6.58 Å². The Balaban J connectivity index is 1.64. The van der Waals surface area contributed by atoms with Crippen LogP contribution in [0.15, 0.2) is 73.8 Å². The Morgan fingerprint density at radius 3 is 2.33 bits per heavy atom. The summed E-state index contributed by atoms with van der Waals surface area (Å²) in [5.41, 5.74) is 4.26. The number of aromatic nitrogens is 4. The molecule has 1 fully saturated rings. The molecular weight excluding hydrogens is 379 g/mol. The van der Waals surface area contributed by atoms with Gasteiger partial charge in [0, 0.05) is 50.3 Å². The van der Waals surface area contributed by atoms with E-state index in [0.29, 0.717) is 0 Å². The number of nitrogens with zero attached hydrogens (tertiary/aromatic N) is 6. The van der Waals surface area contributed by atoms with E-state index in [1.807, 2.05) is 30.6 Å². The lowest BCUT2D eigenvalue weighted by molar-refractivity contribution is 0.349. The highest BCUT2D eigenvalue weighted by Crippen LogP contribution is 2.35. The van der Waals surface area contributed by atoms with E-state index >= 15 is 0 Å². The summed E-state index contributed by atoms with van der Waals surface area (Å²) in [4.78, 5) is 13.6. The highest BCUT2D eigenvalue weighted by Gasteiger charge is 2.21. The van der Waals surface area contributed by atoms with Crippen LogP contribution in [0, 0.1) is 5.82 Å². The van der Waals surface area contributed by atoms with Crippen molar-refractivity contribution in [1.29, 1.82) is 0 Å². The fraction of sp³-hybridized carbons (Fsp3) is 0.174. The molecule has 1 saturated heterocycles. The Morgan fingerprint density at radius 1 is 0.900 bits per heavy atom. The van der Waals surface area contributed by atoms with Crippen molar-refractivity contribution in [3.05, 3.63) is 79.7 Å². The molecule has 0 saturated carbocycles. The zero-order valence-corrected chi connectivity index (χ0v) is 16.4. The monoisotopic (exact) mass is 400 g/mol. The number of hydrogen-bond donors (Lipinski definition) is 0. The number of anilines is 1. The fourth-order valence-electron chi connectivity index (χ4n) is 3.82. The molecule has 7 heteroatoms. The number of hydrogen-bond acceptors (Lipinski definition) is 5. The van der Waals surface area contributed by atoms with Crippen LogP contribution in [-0.2, 0) is 0 Å². The highest BCUT2D eigenvalue weighted by molar-refractivity contribution is 5.90. The van der Waals surface area contributed by atoms with Crippen LogP contribution in [0.1, 0.15) is 0 Å². The maximum absolute atomic E-state index is 13.5. The summed E-state index contributed by atoms with van der Waals surface area (Å²) in [6.07, 6.45) is 7.34. The van der Waals surface area contributed by atoms with Gasteiger partial charge in [-0.3, -0.25) is 4.98 Å². The van der Waals surface area contributed by atoms with Gasteiger partial charge in [0.2, 0.25) is 0 Å². The van der Waals surface area contributed by atoms with Crippen molar-refractivity contribution in [2.24, 2.45) is 0 Å². The van der Waals surface area contributed by atoms with Gasteiger partial charge in [0.15, 0.2) is 5.65 Å². The number of rotatable bonds is 4. The average molecular weight is 400 g/mol. The number of pyridine rings is 1. The van der Waals surface area contributed by atoms with Crippen LogP contribution in [0.25, 0.3) is 28.0 Å². The molecule has 6 nitrogen and oxygen atoms in total. The minimum Gasteiger partial charge on any atom is -0.374 e. The van der Waals surface area contributed by atoms with Crippen molar-refractivity contribution < 1.29 is 4.39 Å². The van der Waals surface area contributed by atoms with E-state index in [1.54, 1.807) is 29.0 Å². The van der Waals surface area contributed by atoms with Crippen molar-refractivity contribution in [1.82, 2.24) is 24.5 Å². The average Bonchev–Trinajstić information content (AvgIpc) is 3.19. The molecule has 4 heterocycles. The minimum atomic E-state index is -0.271. The van der Waals surface area contributed by atoms with Gasteiger partial charge < -0.3 is 9.80 Å². The molecule has 0 spiro atoms. The third kappa shape index (κ3) is 3.28. The fourth-order valence-corrected chi connectivity index (χ4v) is 3.82. The topological polar surface area (TPSA) is 49.6 Å². The summed E-state index contributed by atoms with van der Waals surface area (Å²) < 4.78 is 15.3. The van der Waals surface area contributed by atoms with Crippen LogP contribution >= 0.6 is 0 Å². The van der Waals surface area contributed by atoms with Crippen LogP contribution in [0.3, 0.4) is 0 Å². The van der Waals surface area contributed by atoms with E-state index in [2.05, 4.69) is 21.4 Å². The van der Waals surface area contributed by atoms with Crippen molar-refractivity contribution in [3.8, 4) is 22.4 Å². The number of halogens is 1. The zero-order valence-electron chi connectivity index (χ0n) is 16.4. The molecule has 30 heavy (non-hydrogen) atoms. The summed E-state index contributed by atoms with van der Waals surface area (Å²) >= 11 is 0. The summed E-state index contributed by atoms with van der Waals surface area (Å²) in [6, 6.07) is 12.3. The SMILES string of the molecule is C=CN1CCN(c2ccn3nc(-c4ccc(F)cc4)c(-c4ccncc4)c3n2)CC1. The van der Waals surface area contributed by atoms with Gasteiger partial charge in [-0.25, -0.2) is 13.9 Å². The molecule has 0 amide bonds. The highest BCUT2D eigenvalue weighted by atomic mass is 19.1. The lowest BCUT2D eigenvalue weighted by Crippen LogP contribution is -2.44. The lowest BCUT2D eigenvalue weighted by atomic mass is 10.0. The van der Waals surface area contributed by atoms with Crippen LogP contribution in [0.4, 0.5) is 10.2 Å². The Bertz CT molecular complexity index is 1180. The summed E-state index contributed by atoms with van der Waals surface area (Å²) in [7, 11) is 0. The van der Waals surface area contributed by atoms with E-state index < -0.39 is 0 Å². The summed E-state index contributed by atoms with van der Waals surface area (Å²) in [6.45, 7) is 7.48. The first-order chi connectivity index (χ1) is 14.7. The second kappa shape index (κ2) is 7.59. The lowest BCUT2D eigenvalue weighted by Gasteiger charge is -2.34. The van der Waals surface area contributed by atoms with Gasteiger partial charge in [0.1, 0.15) is 17.3 Å². The zero-order chi connectivity index (χ0) is 20.5. The predicted octanol–water partition coefficient (Wildman–Crippen LogP) is 3.86. The first kappa shape index (κ1) is 18.3. The van der Waals surface area contributed by atoms with Gasteiger partial charge >= 0.3 is 0 Å². The molecule has 0 unspecified atom stereocenters. The molecule has 1 aliphatic heterocycles. The molecule has 0 aliphatic carbocycles. The Hall–Kier alpha value is -3.74. The van der Waals surface area contributed by atoms with Crippen LogP contribution in [-0.4, -0.2) is 50.7 Å². The van der Waals surface area contributed by atoms with E-state index in [0.717, 1.165) is 60.0 Å². The maximum Gasteiger partial charge on any atom is 0.165 e. The number of benzene rings is 1. The van der Waals surface area contributed by atoms with Gasteiger partial charge in [-0.2, -0.15) is 5.10 Å². The smallest absolute Gasteiger partial charge is 0.165 e. The van der Waals surface area contributed by atoms with Gasteiger partial charge in [-0.15, -0.1) is 0 Å². The normalized spacial score (nSPS) is 14.3. The molecule has 3 aromatic heterocycles. The minimum absolute atomic E-state index is 0.271. The molecule has 4 aromatic rings. The van der Waals surface area contributed by atoms with Crippen molar-refractivity contribution in [3.63, 3.8) is 0 Å². The Kier molecular flexibility index (Phi) is 4.63. The Labute approximate surface area is 173 Å². The van der Waals surface area contributed by atoms with Crippen molar-refractivity contribution >= 4 is 11.5 Å². The molecule has 5 rings (SSSR count). The quantitative estimate of drug-likeness (QED) is 0.521. The molecule has 1 aromatic carbocycles. The van der Waals surface area contributed by atoms with E-state index in [-0.39, 0.29) is 5.82 Å². The van der Waals surface area contributed by atoms with Gasteiger partial charge in [0.05, 0.1) is 5.56 Å². The third-order valence-electron chi connectivity index (χ3n) is 5.45. The molecule has 0 bridgehead atoms. The van der Waals surface area contributed by atoms with E-state index in [1.165, 1.54) is 12.1 Å². The molecule has 0 N–H and O–H groups in total. The molecule has 150 valence electrons. The molecule has 1 aliphatic rings. The molecule has 0 atom stereocenters. The standard InChI is InChI=1S/C23H21FN6/c1-2-28-13-15-29(16-14-28)20-9-12-30-23(26-20)21(17-7-10-25-11-8-17)22(27-30)18-3-5-19(24)6-4-18/h2-12H,1,13-16H2. The first-order valence-corrected chi connectivity index (χ1v) is 9.90. The van der Waals surface area contributed by atoms with Crippen molar-refractivity contribution in [2.45, 2.75) is 0 Å². The summed E-state index contributed by atoms with van der Waals surface area (Å²) in [5.74, 6) is 0.652. The first-order valence-electron chi connectivity index (χ1n) is 9.90. The van der Waals surface area contributed by atoms with Gasteiger partial charge in [0.25, 0.3) is 0 Å². The Morgan fingerprint density at radius 2 is 1.63 bits per heavy atom. The predicted molar refractivity (Wildman–Crippen MR) is 116 cm³/mol. The third-order valence-corrected chi connectivity index (χ3v) is 5.45. The van der Waals surface area contributed by atoms with Crippen LogP contribution in [0.2, 0.25) is 0 Å². The molecular formula is C23H21FN6. The number of fused-ring (bicyclic) bond motifs is 1. The maximum atomic E-state index is 13.5. The van der Waals surface area contributed by atoms with Crippen LogP contribution in [0.5, 0.6) is 0 Å². The van der Waals surface area contributed by atoms with Crippen molar-refractivity contribution in [2.75, 3.05) is 31.1 Å².